The molecule has 0 saturated carbocycles. The van der Waals surface area contributed by atoms with Gasteiger partial charge in [0.25, 0.3) is 0 Å². The van der Waals surface area contributed by atoms with Crippen molar-refractivity contribution in [2.45, 2.75) is 5.75 Å². The lowest BCUT2D eigenvalue weighted by molar-refractivity contribution is -0.115. The van der Waals surface area contributed by atoms with Gasteiger partial charge in [0.05, 0.1) is 11.3 Å². The largest absolute Gasteiger partial charge is 0.478 e. The summed E-state index contributed by atoms with van der Waals surface area (Å²) in [6.07, 6.45) is 0. The van der Waals surface area contributed by atoms with Gasteiger partial charge in [-0.25, -0.2) is 4.79 Å². The molecule has 5 heteroatoms. The molecule has 0 saturated heterocycles. The van der Waals surface area contributed by atoms with Crippen LogP contribution in [0.3, 0.4) is 0 Å². The maximum absolute atomic E-state index is 10.5. The highest BCUT2D eigenvalue weighted by Crippen LogP contribution is 2.12. The van der Waals surface area contributed by atoms with E-state index >= 15 is 0 Å². The second kappa shape index (κ2) is 5.41. The van der Waals surface area contributed by atoms with E-state index in [0.717, 1.165) is 5.56 Å². The van der Waals surface area contributed by atoms with Gasteiger partial charge in [0.15, 0.2) is 0 Å². The van der Waals surface area contributed by atoms with Crippen molar-refractivity contribution in [3.63, 3.8) is 0 Å². The molecule has 0 aliphatic carbocycles. The van der Waals surface area contributed by atoms with E-state index in [0.29, 0.717) is 5.75 Å². The molecule has 0 fully saturated rings. The van der Waals surface area contributed by atoms with Crippen LogP contribution in [0.4, 0.5) is 0 Å². The Bertz CT molecular complexity index is 361. The third kappa shape index (κ3) is 4.03. The number of carboxylic acids is 1. The summed E-state index contributed by atoms with van der Waals surface area (Å²) in [6, 6.07) is 6.56. The SMILES string of the molecule is NC(=O)CSCc1ccc(C(=O)O)cc1. The Morgan fingerprint density at radius 2 is 1.87 bits per heavy atom. The first-order chi connectivity index (χ1) is 7.09. The first-order valence-electron chi connectivity index (χ1n) is 4.28. The third-order valence-corrected chi connectivity index (χ3v) is 2.74. The van der Waals surface area contributed by atoms with Crippen molar-refractivity contribution >= 4 is 23.6 Å². The fraction of sp³-hybridized carbons (Fsp3) is 0.200. The molecule has 3 N–H and O–H groups in total. The molecule has 80 valence electrons. The molecule has 1 rings (SSSR count). The summed E-state index contributed by atoms with van der Waals surface area (Å²) in [6.45, 7) is 0. The van der Waals surface area contributed by atoms with E-state index in [2.05, 4.69) is 0 Å². The van der Waals surface area contributed by atoms with Gasteiger partial charge in [-0.2, -0.15) is 0 Å². The highest BCUT2D eigenvalue weighted by Gasteiger charge is 2.02. The normalized spacial score (nSPS) is 9.87. The van der Waals surface area contributed by atoms with Gasteiger partial charge in [0.1, 0.15) is 0 Å². The smallest absolute Gasteiger partial charge is 0.335 e. The minimum Gasteiger partial charge on any atom is -0.478 e. The molecule has 0 heterocycles. The number of carbonyl (C=O) groups excluding carboxylic acids is 1. The third-order valence-electron chi connectivity index (χ3n) is 1.71. The van der Waals surface area contributed by atoms with Crippen molar-refractivity contribution in [2.24, 2.45) is 5.73 Å². The van der Waals surface area contributed by atoms with E-state index in [4.69, 9.17) is 10.8 Å². The van der Waals surface area contributed by atoms with E-state index in [1.54, 1.807) is 24.3 Å². The molecule has 0 radical (unpaired) electrons. The number of carbonyl (C=O) groups is 2. The molecular weight excluding hydrogens is 214 g/mol. The standard InChI is InChI=1S/C10H11NO3S/c11-9(12)6-15-5-7-1-3-8(4-2-7)10(13)14/h1-4H,5-6H2,(H2,11,12)(H,13,14). The van der Waals surface area contributed by atoms with Crippen molar-refractivity contribution in [3.05, 3.63) is 35.4 Å². The van der Waals surface area contributed by atoms with Crippen molar-refractivity contribution in [1.29, 1.82) is 0 Å². The molecule has 0 aromatic heterocycles. The van der Waals surface area contributed by atoms with Crippen molar-refractivity contribution in [2.75, 3.05) is 5.75 Å². The number of hydrogen-bond donors (Lipinski definition) is 2. The summed E-state index contributed by atoms with van der Waals surface area (Å²) in [4.78, 5) is 21.0. The number of thioether (sulfide) groups is 1. The van der Waals surface area contributed by atoms with E-state index in [1.165, 1.54) is 11.8 Å². The van der Waals surface area contributed by atoms with Gasteiger partial charge < -0.3 is 10.8 Å². The first kappa shape index (κ1) is 11.6. The number of carboxylic acid groups (broad SMARTS) is 1. The summed E-state index contributed by atoms with van der Waals surface area (Å²) in [5, 5.41) is 8.66. The zero-order valence-corrected chi connectivity index (χ0v) is 8.79. The minimum absolute atomic E-state index is 0.263. The van der Waals surface area contributed by atoms with E-state index in [-0.39, 0.29) is 17.2 Å². The van der Waals surface area contributed by atoms with Crippen LogP contribution in [0.1, 0.15) is 15.9 Å². The summed E-state index contributed by atoms with van der Waals surface area (Å²) in [5.74, 6) is -0.350. The maximum atomic E-state index is 10.5. The van der Waals surface area contributed by atoms with E-state index in [1.807, 2.05) is 0 Å². The summed E-state index contributed by atoms with van der Waals surface area (Å²) >= 11 is 1.41. The van der Waals surface area contributed by atoms with Crippen molar-refractivity contribution in [1.82, 2.24) is 0 Å². The molecule has 0 unspecified atom stereocenters. The van der Waals surface area contributed by atoms with Crippen LogP contribution in [0.15, 0.2) is 24.3 Å². The molecule has 0 bridgehead atoms. The second-order valence-electron chi connectivity index (χ2n) is 2.96. The molecule has 0 spiro atoms. The zero-order valence-electron chi connectivity index (χ0n) is 7.97. The van der Waals surface area contributed by atoms with Gasteiger partial charge >= 0.3 is 5.97 Å². The second-order valence-corrected chi connectivity index (χ2v) is 3.95. The summed E-state index contributed by atoms with van der Waals surface area (Å²) < 4.78 is 0. The number of hydrogen-bond acceptors (Lipinski definition) is 3. The minimum atomic E-state index is -0.939. The highest BCUT2D eigenvalue weighted by atomic mass is 32.2. The van der Waals surface area contributed by atoms with Crippen LogP contribution in [-0.4, -0.2) is 22.7 Å². The predicted octanol–water partition coefficient (Wildman–Crippen LogP) is 1.10. The van der Waals surface area contributed by atoms with Gasteiger partial charge in [0.2, 0.25) is 5.91 Å². The lowest BCUT2D eigenvalue weighted by Gasteiger charge is -2.00. The topological polar surface area (TPSA) is 80.4 Å². The molecule has 0 atom stereocenters. The fourth-order valence-corrected chi connectivity index (χ4v) is 1.74. The number of benzene rings is 1. The van der Waals surface area contributed by atoms with Gasteiger partial charge in [-0.05, 0) is 17.7 Å². The number of nitrogens with two attached hydrogens (primary N) is 1. The molecule has 0 aliphatic rings. The Hall–Kier alpha value is -1.49. The lowest BCUT2D eigenvalue weighted by Crippen LogP contribution is -2.13. The van der Waals surface area contributed by atoms with Crippen LogP contribution in [-0.2, 0) is 10.5 Å². The Morgan fingerprint density at radius 1 is 1.27 bits per heavy atom. The molecule has 1 aromatic carbocycles. The van der Waals surface area contributed by atoms with Crippen LogP contribution in [0.2, 0.25) is 0 Å². The van der Waals surface area contributed by atoms with Gasteiger partial charge in [-0.1, -0.05) is 12.1 Å². The lowest BCUT2D eigenvalue weighted by atomic mass is 10.1. The van der Waals surface area contributed by atoms with Crippen molar-refractivity contribution in [3.8, 4) is 0 Å². The average Bonchev–Trinajstić information content (AvgIpc) is 2.18. The molecule has 1 amide bonds. The first-order valence-corrected chi connectivity index (χ1v) is 5.43. The maximum Gasteiger partial charge on any atom is 0.335 e. The Labute approximate surface area is 91.5 Å². The predicted molar refractivity (Wildman–Crippen MR) is 58.8 cm³/mol. The van der Waals surface area contributed by atoms with Crippen LogP contribution >= 0.6 is 11.8 Å². The number of primary amides is 1. The summed E-state index contributed by atoms with van der Waals surface area (Å²) in [7, 11) is 0. The Balaban J connectivity index is 2.50. The molecular formula is C10H11NO3S. The number of amides is 1. The quantitative estimate of drug-likeness (QED) is 0.786. The fourth-order valence-electron chi connectivity index (χ4n) is 1.01. The number of rotatable bonds is 5. The monoisotopic (exact) mass is 225 g/mol. The van der Waals surface area contributed by atoms with Crippen LogP contribution in [0.5, 0.6) is 0 Å². The zero-order chi connectivity index (χ0) is 11.3. The Kier molecular flexibility index (Phi) is 4.17. The highest BCUT2D eigenvalue weighted by molar-refractivity contribution is 7.99. The van der Waals surface area contributed by atoms with Gasteiger partial charge in [-0.15, -0.1) is 11.8 Å². The molecule has 4 nitrogen and oxygen atoms in total. The molecule has 1 aromatic rings. The molecule has 15 heavy (non-hydrogen) atoms. The van der Waals surface area contributed by atoms with Crippen LogP contribution in [0, 0.1) is 0 Å². The van der Waals surface area contributed by atoms with Crippen LogP contribution < -0.4 is 5.73 Å². The van der Waals surface area contributed by atoms with Crippen LogP contribution in [0.25, 0.3) is 0 Å². The van der Waals surface area contributed by atoms with E-state index < -0.39 is 5.97 Å². The van der Waals surface area contributed by atoms with Gasteiger partial charge in [0, 0.05) is 5.75 Å². The van der Waals surface area contributed by atoms with Gasteiger partial charge in [-0.3, -0.25) is 4.79 Å². The summed E-state index contributed by atoms with van der Waals surface area (Å²) in [5.41, 5.74) is 6.22. The average molecular weight is 225 g/mol. The molecule has 0 aliphatic heterocycles. The number of aromatic carboxylic acids is 1. The van der Waals surface area contributed by atoms with E-state index in [9.17, 15) is 9.59 Å². The Morgan fingerprint density at radius 3 is 2.33 bits per heavy atom. The van der Waals surface area contributed by atoms with Crippen molar-refractivity contribution < 1.29 is 14.7 Å².